The molecule has 0 amide bonds. The predicted molar refractivity (Wildman–Crippen MR) is 70.6 cm³/mol. The van der Waals surface area contributed by atoms with Crippen molar-refractivity contribution in [3.05, 3.63) is 28.9 Å². The minimum absolute atomic E-state index is 0.412. The Balaban J connectivity index is 2.03. The van der Waals surface area contributed by atoms with E-state index in [0.717, 1.165) is 11.3 Å². The first-order chi connectivity index (χ1) is 8.74. The second-order valence-corrected chi connectivity index (χ2v) is 4.64. The normalized spacial score (nSPS) is 13.4. The predicted octanol–water partition coefficient (Wildman–Crippen LogP) is 2.26. The third-order valence-corrected chi connectivity index (χ3v) is 3.18. The molecule has 6 heteroatoms. The van der Waals surface area contributed by atoms with Crippen LogP contribution in [-0.4, -0.2) is 23.2 Å². The fraction of sp³-hybridized carbons (Fsp3) is 0.167. The zero-order valence-corrected chi connectivity index (χ0v) is 11.0. The molecule has 1 aliphatic rings. The molecule has 1 aromatic heterocycles. The highest BCUT2D eigenvalue weighted by molar-refractivity contribution is 9.10. The summed E-state index contributed by atoms with van der Waals surface area (Å²) in [6.45, 7) is 1.13. The van der Waals surface area contributed by atoms with Crippen molar-refractivity contribution >= 4 is 21.7 Å². The van der Waals surface area contributed by atoms with Crippen LogP contribution in [0.15, 0.2) is 28.9 Å². The minimum atomic E-state index is 0.412. The molecule has 5 nitrogen and oxygen atoms in total. The molecular weight excluding hydrogens is 298 g/mol. The Labute approximate surface area is 112 Å². The van der Waals surface area contributed by atoms with Crippen molar-refractivity contribution in [1.29, 1.82) is 0 Å². The van der Waals surface area contributed by atoms with Gasteiger partial charge < -0.3 is 15.2 Å². The number of rotatable bonds is 1. The third-order valence-electron chi connectivity index (χ3n) is 2.57. The van der Waals surface area contributed by atoms with E-state index in [1.807, 2.05) is 18.2 Å². The van der Waals surface area contributed by atoms with Gasteiger partial charge >= 0.3 is 0 Å². The van der Waals surface area contributed by atoms with Crippen LogP contribution in [0.2, 0.25) is 0 Å². The average molecular weight is 308 g/mol. The summed E-state index contributed by atoms with van der Waals surface area (Å²) in [7, 11) is 0. The van der Waals surface area contributed by atoms with E-state index in [1.165, 1.54) is 0 Å². The monoisotopic (exact) mass is 307 g/mol. The number of nitrogen functional groups attached to an aromatic ring is 1. The van der Waals surface area contributed by atoms with Crippen LogP contribution in [-0.2, 0) is 0 Å². The van der Waals surface area contributed by atoms with Crippen molar-refractivity contribution in [2.45, 2.75) is 0 Å². The van der Waals surface area contributed by atoms with E-state index < -0.39 is 0 Å². The van der Waals surface area contributed by atoms with Crippen LogP contribution in [0.1, 0.15) is 0 Å². The molecule has 0 fully saturated rings. The van der Waals surface area contributed by atoms with E-state index >= 15 is 0 Å². The van der Waals surface area contributed by atoms with Gasteiger partial charge in [0.15, 0.2) is 17.3 Å². The Hall–Kier alpha value is -1.82. The second-order valence-electron chi connectivity index (χ2n) is 3.79. The Morgan fingerprint density at radius 2 is 1.94 bits per heavy atom. The molecule has 0 atom stereocenters. The molecule has 2 N–H and O–H groups in total. The van der Waals surface area contributed by atoms with Crippen LogP contribution >= 0.6 is 15.9 Å². The number of hydrogen-bond acceptors (Lipinski definition) is 5. The molecule has 2 aromatic rings. The van der Waals surface area contributed by atoms with Crippen LogP contribution in [0, 0.1) is 0 Å². The van der Waals surface area contributed by atoms with Crippen molar-refractivity contribution in [2.75, 3.05) is 18.9 Å². The maximum atomic E-state index is 5.74. The molecule has 1 aromatic carbocycles. The van der Waals surface area contributed by atoms with Gasteiger partial charge in [-0.25, -0.2) is 9.97 Å². The minimum Gasteiger partial charge on any atom is -0.486 e. The molecular formula is C12H10BrN3O2. The molecule has 0 aliphatic carbocycles. The quantitative estimate of drug-likeness (QED) is 0.875. The number of anilines is 1. The van der Waals surface area contributed by atoms with Crippen molar-refractivity contribution in [2.24, 2.45) is 0 Å². The molecule has 2 heterocycles. The SMILES string of the molecule is Nc1nc(-c2ccc3c(c2)OCCO3)ncc1Br. The Kier molecular flexibility index (Phi) is 2.79. The average Bonchev–Trinajstić information content (AvgIpc) is 2.41. The largest absolute Gasteiger partial charge is 0.486 e. The van der Waals surface area contributed by atoms with Crippen LogP contribution in [0.3, 0.4) is 0 Å². The fourth-order valence-corrected chi connectivity index (χ4v) is 1.89. The zero-order chi connectivity index (χ0) is 12.5. The molecule has 92 valence electrons. The van der Waals surface area contributed by atoms with Crippen molar-refractivity contribution < 1.29 is 9.47 Å². The number of nitrogens with zero attached hydrogens (tertiary/aromatic N) is 2. The molecule has 0 saturated carbocycles. The smallest absolute Gasteiger partial charge is 0.162 e. The lowest BCUT2D eigenvalue weighted by Crippen LogP contribution is -2.15. The summed E-state index contributed by atoms with van der Waals surface area (Å²) in [5, 5.41) is 0. The van der Waals surface area contributed by atoms with E-state index in [-0.39, 0.29) is 0 Å². The standard InChI is InChI=1S/C12H10BrN3O2/c13-8-6-15-12(16-11(8)14)7-1-2-9-10(5-7)18-4-3-17-9/h1-2,5-6H,3-4H2,(H2,14,15,16). The molecule has 0 unspecified atom stereocenters. The molecule has 1 aliphatic heterocycles. The van der Waals surface area contributed by atoms with Gasteiger partial charge in [0.05, 0.1) is 4.47 Å². The van der Waals surface area contributed by atoms with Gasteiger partial charge in [-0.15, -0.1) is 0 Å². The zero-order valence-electron chi connectivity index (χ0n) is 9.39. The first kappa shape index (κ1) is 11.3. The molecule has 18 heavy (non-hydrogen) atoms. The van der Waals surface area contributed by atoms with Crippen LogP contribution in [0.5, 0.6) is 11.5 Å². The van der Waals surface area contributed by atoms with Gasteiger partial charge in [-0.05, 0) is 34.1 Å². The number of fused-ring (bicyclic) bond motifs is 1. The van der Waals surface area contributed by atoms with E-state index in [2.05, 4.69) is 25.9 Å². The fourth-order valence-electron chi connectivity index (χ4n) is 1.70. The number of nitrogens with two attached hydrogens (primary N) is 1. The highest BCUT2D eigenvalue weighted by Crippen LogP contribution is 2.33. The lowest BCUT2D eigenvalue weighted by atomic mass is 10.2. The van der Waals surface area contributed by atoms with Gasteiger partial charge in [0.1, 0.15) is 19.0 Å². The lowest BCUT2D eigenvalue weighted by molar-refractivity contribution is 0.171. The summed E-state index contributed by atoms with van der Waals surface area (Å²) in [5.74, 6) is 2.43. The van der Waals surface area contributed by atoms with Gasteiger partial charge in [0.2, 0.25) is 0 Å². The molecule has 0 radical (unpaired) electrons. The number of halogens is 1. The molecule has 3 rings (SSSR count). The number of hydrogen-bond donors (Lipinski definition) is 1. The van der Waals surface area contributed by atoms with Gasteiger partial charge in [-0.1, -0.05) is 0 Å². The lowest BCUT2D eigenvalue weighted by Gasteiger charge is -2.18. The van der Waals surface area contributed by atoms with E-state index in [0.29, 0.717) is 35.1 Å². The third kappa shape index (κ3) is 1.99. The van der Waals surface area contributed by atoms with Gasteiger partial charge in [-0.3, -0.25) is 0 Å². The first-order valence-electron chi connectivity index (χ1n) is 5.42. The molecule has 0 saturated heterocycles. The molecule has 0 bridgehead atoms. The maximum absolute atomic E-state index is 5.74. The van der Waals surface area contributed by atoms with Crippen LogP contribution < -0.4 is 15.2 Å². The van der Waals surface area contributed by atoms with Gasteiger partial charge in [0.25, 0.3) is 0 Å². The topological polar surface area (TPSA) is 70.3 Å². The van der Waals surface area contributed by atoms with E-state index in [1.54, 1.807) is 6.20 Å². The highest BCUT2D eigenvalue weighted by Gasteiger charge is 2.13. The summed E-state index contributed by atoms with van der Waals surface area (Å²) in [6.07, 6.45) is 1.63. The summed E-state index contributed by atoms with van der Waals surface area (Å²) < 4.78 is 11.7. The number of ether oxygens (including phenoxy) is 2. The Bertz CT molecular complexity index is 604. The Morgan fingerprint density at radius 1 is 1.17 bits per heavy atom. The summed E-state index contributed by atoms with van der Waals surface area (Å²) >= 11 is 3.27. The van der Waals surface area contributed by atoms with E-state index in [9.17, 15) is 0 Å². The first-order valence-corrected chi connectivity index (χ1v) is 6.21. The highest BCUT2D eigenvalue weighted by atomic mass is 79.9. The van der Waals surface area contributed by atoms with Crippen LogP contribution in [0.4, 0.5) is 5.82 Å². The van der Waals surface area contributed by atoms with Crippen LogP contribution in [0.25, 0.3) is 11.4 Å². The number of benzene rings is 1. The second kappa shape index (κ2) is 4.45. The molecule has 0 spiro atoms. The van der Waals surface area contributed by atoms with Gasteiger partial charge in [0, 0.05) is 11.8 Å². The summed E-state index contributed by atoms with van der Waals surface area (Å²) in [5.41, 5.74) is 6.59. The maximum Gasteiger partial charge on any atom is 0.162 e. The van der Waals surface area contributed by atoms with Gasteiger partial charge in [-0.2, -0.15) is 0 Å². The van der Waals surface area contributed by atoms with Crippen molar-refractivity contribution in [1.82, 2.24) is 9.97 Å². The van der Waals surface area contributed by atoms with E-state index in [4.69, 9.17) is 15.2 Å². The van der Waals surface area contributed by atoms with Crippen molar-refractivity contribution in [3.63, 3.8) is 0 Å². The van der Waals surface area contributed by atoms with Crippen molar-refractivity contribution in [3.8, 4) is 22.9 Å². The number of aromatic nitrogens is 2. The Morgan fingerprint density at radius 3 is 2.72 bits per heavy atom. The summed E-state index contributed by atoms with van der Waals surface area (Å²) in [6, 6.07) is 5.60. The summed E-state index contributed by atoms with van der Waals surface area (Å²) in [4.78, 5) is 8.44.